The number of allylic oxidation sites excluding steroid dienone is 10. The minimum absolute atomic E-state index is 0.00298. The number of anilines is 2. The quantitative estimate of drug-likeness (QED) is 0.306. The first-order valence-electron chi connectivity index (χ1n) is 15.3. The number of ketones is 2. The van der Waals surface area contributed by atoms with Crippen LogP contribution < -0.4 is 10.6 Å². The van der Waals surface area contributed by atoms with Gasteiger partial charge in [0.1, 0.15) is 11.6 Å². The lowest BCUT2D eigenvalue weighted by atomic mass is 9.84. The van der Waals surface area contributed by atoms with Crippen LogP contribution in [0.3, 0.4) is 0 Å². The molecule has 0 spiro atoms. The SMILES string of the molecule is O=C(Nc1cccc(C(=O)N=C2C=CC3C(=O)CC=C(S(=O)(=O)O)C3=C2)c1)Nc1cccc(C(=O)N=C2C=CC3C(=O)CC=C(S(=O)(=O)O)C3=C2)c1. The summed E-state index contributed by atoms with van der Waals surface area (Å²) in [4.78, 5) is 70.5. The molecule has 0 saturated carbocycles. The van der Waals surface area contributed by atoms with Crippen molar-refractivity contribution in [3.8, 4) is 0 Å². The highest BCUT2D eigenvalue weighted by Crippen LogP contribution is 2.35. The summed E-state index contributed by atoms with van der Waals surface area (Å²) in [7, 11) is -9.26. The molecule has 0 saturated heterocycles. The maximum absolute atomic E-state index is 13.0. The molecule has 17 heteroatoms. The van der Waals surface area contributed by atoms with E-state index in [0.717, 1.165) is 12.2 Å². The van der Waals surface area contributed by atoms with Crippen molar-refractivity contribution < 1.29 is 49.9 Å². The third kappa shape index (κ3) is 7.82. The number of rotatable bonds is 6. The van der Waals surface area contributed by atoms with Gasteiger partial charge in [0.05, 0.1) is 33.1 Å². The molecule has 0 bridgehead atoms. The van der Waals surface area contributed by atoms with Crippen LogP contribution in [0, 0.1) is 11.8 Å². The third-order valence-corrected chi connectivity index (χ3v) is 10.1. The summed E-state index contributed by atoms with van der Waals surface area (Å²) >= 11 is 0. The van der Waals surface area contributed by atoms with Crippen LogP contribution in [0.25, 0.3) is 0 Å². The number of urea groups is 1. The monoisotopic (exact) mass is 742 g/mol. The van der Waals surface area contributed by atoms with Crippen molar-refractivity contribution in [1.82, 2.24) is 0 Å². The fraction of sp³-hybridized carbons (Fsp3) is 0.114. The minimum Gasteiger partial charge on any atom is -0.308 e. The van der Waals surface area contributed by atoms with Gasteiger partial charge in [-0.25, -0.2) is 14.8 Å². The van der Waals surface area contributed by atoms with Crippen molar-refractivity contribution >= 4 is 72.4 Å². The van der Waals surface area contributed by atoms with E-state index in [-0.39, 0.29) is 69.5 Å². The molecule has 4 amide bonds. The number of hydrogen-bond acceptors (Lipinski definition) is 9. The second kappa shape index (κ2) is 14.0. The normalized spacial score (nSPS) is 21.3. The molecular weight excluding hydrogens is 717 g/mol. The highest BCUT2D eigenvalue weighted by atomic mass is 32.2. The zero-order valence-corrected chi connectivity index (χ0v) is 28.2. The standard InChI is InChI=1S/C35H26N4O11S2/c40-29-11-13-31(51(45,46)47)27-17-23(7-9-25(27)29)36-33(42)19-3-1-5-21(15-19)38-35(44)39-22-6-2-4-20(16-22)34(43)37-24-8-10-26-28(18-24)32(52(48,49)50)14-12-30(26)41/h1-10,13-18,25-26H,11-12H2,(H2,38,39,44)(H,45,46,47)(H,48,49,50). The van der Waals surface area contributed by atoms with Gasteiger partial charge in [-0.05, 0) is 71.8 Å². The molecular formula is C35H26N4O11S2. The van der Waals surface area contributed by atoms with Gasteiger partial charge in [0.2, 0.25) is 0 Å². The average molecular weight is 743 g/mol. The van der Waals surface area contributed by atoms with Crippen molar-refractivity contribution in [3.63, 3.8) is 0 Å². The molecule has 15 nitrogen and oxygen atoms in total. The molecule has 6 rings (SSSR count). The minimum atomic E-state index is -4.63. The zero-order valence-electron chi connectivity index (χ0n) is 26.6. The fourth-order valence-electron chi connectivity index (χ4n) is 5.84. The first kappa shape index (κ1) is 35.8. The molecule has 0 fully saturated rings. The van der Waals surface area contributed by atoms with Gasteiger partial charge in [0, 0.05) is 35.3 Å². The Kier molecular flexibility index (Phi) is 9.61. The number of aliphatic imine (C=N–C) groups is 2. The van der Waals surface area contributed by atoms with Crippen molar-refractivity contribution in [1.29, 1.82) is 0 Å². The van der Waals surface area contributed by atoms with Crippen LogP contribution in [0.5, 0.6) is 0 Å². The molecule has 0 aliphatic heterocycles. The van der Waals surface area contributed by atoms with E-state index in [9.17, 15) is 49.9 Å². The smallest absolute Gasteiger partial charge is 0.308 e. The van der Waals surface area contributed by atoms with Gasteiger partial charge < -0.3 is 10.6 Å². The molecule has 264 valence electrons. The van der Waals surface area contributed by atoms with Gasteiger partial charge in [-0.3, -0.25) is 28.3 Å². The highest BCUT2D eigenvalue weighted by molar-refractivity contribution is 7.90. The third-order valence-electron chi connectivity index (χ3n) is 8.19. The molecule has 0 aromatic heterocycles. The Morgan fingerprint density at radius 1 is 0.654 bits per heavy atom. The Labute approximate surface area is 296 Å². The second-order valence-electron chi connectivity index (χ2n) is 11.7. The van der Waals surface area contributed by atoms with Crippen molar-refractivity contribution in [3.05, 3.63) is 129 Å². The average Bonchev–Trinajstić information content (AvgIpc) is 3.07. The largest absolute Gasteiger partial charge is 0.323 e. The van der Waals surface area contributed by atoms with E-state index in [0.29, 0.717) is 0 Å². The van der Waals surface area contributed by atoms with Gasteiger partial charge in [-0.15, -0.1) is 0 Å². The van der Waals surface area contributed by atoms with Crippen LogP contribution in [0.15, 0.2) is 128 Å². The van der Waals surface area contributed by atoms with E-state index in [1.807, 2.05) is 0 Å². The van der Waals surface area contributed by atoms with Crippen LogP contribution in [0.4, 0.5) is 16.2 Å². The molecule has 2 atom stereocenters. The van der Waals surface area contributed by atoms with E-state index in [1.165, 1.54) is 85.0 Å². The maximum Gasteiger partial charge on any atom is 0.323 e. The van der Waals surface area contributed by atoms with Gasteiger partial charge >= 0.3 is 6.03 Å². The fourth-order valence-corrected chi connectivity index (χ4v) is 7.40. The Bertz CT molecular complexity index is 2300. The van der Waals surface area contributed by atoms with E-state index < -0.39 is 59.7 Å². The number of nitrogens with one attached hydrogen (secondary N) is 2. The Balaban J connectivity index is 1.13. The van der Waals surface area contributed by atoms with Crippen molar-refractivity contribution in [2.24, 2.45) is 21.8 Å². The molecule has 2 aromatic rings. The topological polar surface area (TPSA) is 243 Å². The number of benzene rings is 2. The van der Waals surface area contributed by atoms with Gasteiger partial charge in [-0.2, -0.15) is 16.8 Å². The molecule has 0 radical (unpaired) electrons. The molecule has 52 heavy (non-hydrogen) atoms. The van der Waals surface area contributed by atoms with E-state index in [4.69, 9.17) is 0 Å². The van der Waals surface area contributed by atoms with Crippen LogP contribution in [0.2, 0.25) is 0 Å². The lowest BCUT2D eigenvalue weighted by Gasteiger charge is -2.24. The predicted molar refractivity (Wildman–Crippen MR) is 189 cm³/mol. The molecule has 4 aliphatic rings. The molecule has 2 unspecified atom stereocenters. The Hall–Kier alpha value is -6.01. The van der Waals surface area contributed by atoms with E-state index >= 15 is 0 Å². The summed E-state index contributed by atoms with van der Waals surface area (Å²) in [6.07, 6.45) is 9.94. The van der Waals surface area contributed by atoms with E-state index in [2.05, 4.69) is 20.6 Å². The first-order valence-corrected chi connectivity index (χ1v) is 18.2. The summed E-state index contributed by atoms with van der Waals surface area (Å²) in [5.74, 6) is -3.86. The van der Waals surface area contributed by atoms with Crippen molar-refractivity contribution in [2.45, 2.75) is 12.8 Å². The van der Waals surface area contributed by atoms with Crippen LogP contribution in [-0.2, 0) is 29.8 Å². The van der Waals surface area contributed by atoms with Crippen LogP contribution in [-0.4, -0.2) is 66.8 Å². The molecule has 2 aromatic carbocycles. The Morgan fingerprint density at radius 3 is 1.44 bits per heavy atom. The maximum atomic E-state index is 13.0. The van der Waals surface area contributed by atoms with Gasteiger partial charge in [0.15, 0.2) is 0 Å². The molecule has 4 N–H and O–H groups in total. The van der Waals surface area contributed by atoms with Gasteiger partial charge in [-0.1, -0.05) is 36.4 Å². The number of carbonyl (C=O) groups excluding carboxylic acids is 5. The zero-order chi connectivity index (χ0) is 37.4. The highest BCUT2D eigenvalue weighted by Gasteiger charge is 2.35. The Morgan fingerprint density at radius 2 is 1.06 bits per heavy atom. The number of fused-ring (bicyclic) bond motifs is 2. The van der Waals surface area contributed by atoms with E-state index in [1.54, 1.807) is 0 Å². The predicted octanol–water partition coefficient (Wildman–Crippen LogP) is 4.21. The first-order chi connectivity index (χ1) is 24.6. The number of hydrogen-bond donors (Lipinski definition) is 4. The summed E-state index contributed by atoms with van der Waals surface area (Å²) in [6.45, 7) is 0. The summed E-state index contributed by atoms with van der Waals surface area (Å²) < 4.78 is 66.6. The molecule has 0 heterocycles. The summed E-state index contributed by atoms with van der Waals surface area (Å²) in [5.41, 5.74) is 0.609. The lowest BCUT2D eigenvalue weighted by Crippen LogP contribution is -2.26. The van der Waals surface area contributed by atoms with Crippen molar-refractivity contribution in [2.75, 3.05) is 10.6 Å². The summed E-state index contributed by atoms with van der Waals surface area (Å²) in [6, 6.07) is 10.8. The second-order valence-corrected chi connectivity index (χ2v) is 14.5. The summed E-state index contributed by atoms with van der Waals surface area (Å²) in [5, 5.41) is 5.13. The van der Waals surface area contributed by atoms with Crippen LogP contribution >= 0.6 is 0 Å². The van der Waals surface area contributed by atoms with Crippen LogP contribution in [0.1, 0.15) is 33.6 Å². The van der Waals surface area contributed by atoms with Gasteiger partial charge in [0.25, 0.3) is 32.1 Å². The number of Topliss-reactive ketones (excluding diaryl/α,β-unsaturated/α-hetero) is 2. The number of carbonyl (C=O) groups is 5. The lowest BCUT2D eigenvalue weighted by molar-refractivity contribution is -0.120. The molecule has 4 aliphatic carbocycles. The number of amides is 4. The number of nitrogens with zero attached hydrogens (tertiary/aromatic N) is 2.